The molecule has 1 aliphatic rings. The van der Waals surface area contributed by atoms with Crippen molar-refractivity contribution < 1.29 is 14.9 Å². The fraction of sp³-hybridized carbons (Fsp3) is 0.467. The number of ether oxygens (including phenoxy) is 1. The number of aliphatic hydroxyl groups excluding tert-OH is 2. The lowest BCUT2D eigenvalue weighted by atomic mass is 10.2. The lowest BCUT2D eigenvalue weighted by Gasteiger charge is -2.14. The third-order valence-corrected chi connectivity index (χ3v) is 3.28. The molecule has 22 heavy (non-hydrogen) atoms. The van der Waals surface area contributed by atoms with E-state index < -0.39 is 29.7 Å². The van der Waals surface area contributed by atoms with Gasteiger partial charge in [0.25, 0.3) is 5.56 Å². The number of terminal acetylenes is 1. The SMILES string of the molecule is C#CCCC#Cc1cn([C@H]2CC(O)[C@@H](CO)O2)c(=O)[nH]c1=O. The Labute approximate surface area is 126 Å². The van der Waals surface area contributed by atoms with Crippen molar-refractivity contribution in [3.05, 3.63) is 32.6 Å². The molecule has 116 valence electrons. The third-order valence-electron chi connectivity index (χ3n) is 3.28. The van der Waals surface area contributed by atoms with Gasteiger partial charge in [0.15, 0.2) is 0 Å². The molecule has 1 aromatic rings. The van der Waals surface area contributed by atoms with Gasteiger partial charge < -0.3 is 14.9 Å². The number of hydrogen-bond donors (Lipinski definition) is 3. The van der Waals surface area contributed by atoms with E-state index in [1.807, 2.05) is 0 Å². The quantitative estimate of drug-likeness (QED) is 0.488. The summed E-state index contributed by atoms with van der Waals surface area (Å²) in [7, 11) is 0. The number of aromatic amines is 1. The van der Waals surface area contributed by atoms with Crippen LogP contribution in [0.4, 0.5) is 0 Å². The summed E-state index contributed by atoms with van der Waals surface area (Å²) < 4.78 is 6.55. The van der Waals surface area contributed by atoms with Gasteiger partial charge in [0, 0.05) is 25.5 Å². The molecule has 0 aromatic carbocycles. The maximum Gasteiger partial charge on any atom is 0.330 e. The summed E-state index contributed by atoms with van der Waals surface area (Å²) in [6.45, 7) is -0.353. The summed E-state index contributed by atoms with van der Waals surface area (Å²) in [6.07, 6.45) is 5.07. The van der Waals surface area contributed by atoms with Gasteiger partial charge >= 0.3 is 5.69 Å². The monoisotopic (exact) mass is 304 g/mol. The van der Waals surface area contributed by atoms with Gasteiger partial charge in [0.1, 0.15) is 17.9 Å². The average molecular weight is 304 g/mol. The Morgan fingerprint density at radius 3 is 2.86 bits per heavy atom. The molecule has 1 fully saturated rings. The Balaban J connectivity index is 2.29. The molecule has 0 aliphatic carbocycles. The van der Waals surface area contributed by atoms with E-state index in [0.717, 1.165) is 4.57 Å². The van der Waals surface area contributed by atoms with E-state index in [0.29, 0.717) is 12.8 Å². The van der Waals surface area contributed by atoms with Gasteiger partial charge in [-0.3, -0.25) is 14.3 Å². The first-order valence-corrected chi connectivity index (χ1v) is 6.79. The van der Waals surface area contributed by atoms with E-state index >= 15 is 0 Å². The number of nitrogens with one attached hydrogen (secondary N) is 1. The van der Waals surface area contributed by atoms with Crippen LogP contribution in [0.3, 0.4) is 0 Å². The maximum atomic E-state index is 11.9. The summed E-state index contributed by atoms with van der Waals surface area (Å²) in [5, 5.41) is 18.8. The number of aromatic nitrogens is 2. The zero-order valence-electron chi connectivity index (χ0n) is 11.8. The molecule has 0 saturated carbocycles. The van der Waals surface area contributed by atoms with Crippen LogP contribution in [0.1, 0.15) is 31.1 Å². The fourth-order valence-corrected chi connectivity index (χ4v) is 2.13. The van der Waals surface area contributed by atoms with E-state index in [1.165, 1.54) is 6.20 Å². The molecule has 0 bridgehead atoms. The number of unbranched alkanes of at least 4 members (excludes halogenated alkanes) is 1. The number of H-pyrrole nitrogens is 1. The van der Waals surface area contributed by atoms with Crippen LogP contribution in [0.25, 0.3) is 0 Å². The zero-order chi connectivity index (χ0) is 16.1. The first-order valence-electron chi connectivity index (χ1n) is 6.79. The van der Waals surface area contributed by atoms with Crippen LogP contribution in [0.5, 0.6) is 0 Å². The number of aliphatic hydroxyl groups is 2. The normalized spacial score (nSPS) is 23.6. The van der Waals surface area contributed by atoms with E-state index in [2.05, 4.69) is 22.7 Å². The molecular formula is C15H16N2O5. The fourth-order valence-electron chi connectivity index (χ4n) is 2.13. The van der Waals surface area contributed by atoms with Crippen LogP contribution in [-0.2, 0) is 4.74 Å². The molecule has 3 atom stereocenters. The highest BCUT2D eigenvalue weighted by molar-refractivity contribution is 5.29. The van der Waals surface area contributed by atoms with Gasteiger partial charge in [0.05, 0.1) is 12.7 Å². The van der Waals surface area contributed by atoms with Gasteiger partial charge in [0.2, 0.25) is 0 Å². The Morgan fingerprint density at radius 1 is 1.45 bits per heavy atom. The van der Waals surface area contributed by atoms with Gasteiger partial charge in [-0.25, -0.2) is 4.79 Å². The molecule has 1 saturated heterocycles. The molecule has 3 N–H and O–H groups in total. The highest BCUT2D eigenvalue weighted by atomic mass is 16.5. The lowest BCUT2D eigenvalue weighted by Crippen LogP contribution is -2.33. The molecule has 0 spiro atoms. The number of rotatable bonds is 3. The summed E-state index contributed by atoms with van der Waals surface area (Å²) in [5.41, 5.74) is -1.14. The van der Waals surface area contributed by atoms with Crippen molar-refractivity contribution >= 4 is 0 Å². The van der Waals surface area contributed by atoms with Crippen molar-refractivity contribution in [2.75, 3.05) is 6.61 Å². The Hall–Kier alpha value is -2.32. The third kappa shape index (κ3) is 3.46. The lowest BCUT2D eigenvalue weighted by molar-refractivity contribution is -0.0459. The smallest absolute Gasteiger partial charge is 0.330 e. The predicted octanol–water partition coefficient (Wildman–Crippen LogP) is -1.06. The van der Waals surface area contributed by atoms with Crippen LogP contribution in [0.2, 0.25) is 0 Å². The largest absolute Gasteiger partial charge is 0.394 e. The topological polar surface area (TPSA) is 105 Å². The minimum Gasteiger partial charge on any atom is -0.394 e. The molecule has 2 heterocycles. The van der Waals surface area contributed by atoms with Crippen LogP contribution >= 0.6 is 0 Å². The zero-order valence-corrected chi connectivity index (χ0v) is 11.8. The minimum atomic E-state index is -0.876. The molecule has 0 amide bonds. The van der Waals surface area contributed by atoms with Gasteiger partial charge in [-0.15, -0.1) is 12.3 Å². The standard InChI is InChI=1S/C15H16N2O5/c1-2-3-4-5-6-10-8-17(15(21)16-14(10)20)13-7-11(19)12(9-18)22-13/h1,8,11-13,18-19H,3-4,7,9H2,(H,16,20,21)/t11?,12-,13-/m1/s1. The van der Waals surface area contributed by atoms with Crippen LogP contribution in [0, 0.1) is 24.2 Å². The Kier molecular flexibility index (Phi) is 5.18. The Bertz CT molecular complexity index is 746. The summed E-state index contributed by atoms with van der Waals surface area (Å²) in [4.78, 5) is 25.7. The second-order valence-corrected chi connectivity index (χ2v) is 4.83. The van der Waals surface area contributed by atoms with Crippen LogP contribution in [-0.4, -0.2) is 38.6 Å². The molecular weight excluding hydrogens is 288 g/mol. The Morgan fingerprint density at radius 2 is 2.23 bits per heavy atom. The summed E-state index contributed by atoms with van der Waals surface area (Å²) in [6, 6.07) is 0. The first-order chi connectivity index (χ1) is 10.6. The average Bonchev–Trinajstić information content (AvgIpc) is 2.86. The summed E-state index contributed by atoms with van der Waals surface area (Å²) >= 11 is 0. The second-order valence-electron chi connectivity index (χ2n) is 4.83. The van der Waals surface area contributed by atoms with Crippen molar-refractivity contribution in [2.45, 2.75) is 37.7 Å². The van der Waals surface area contributed by atoms with E-state index in [1.54, 1.807) is 0 Å². The molecule has 7 heteroatoms. The minimum absolute atomic E-state index is 0.113. The molecule has 1 aromatic heterocycles. The molecule has 1 aliphatic heterocycles. The van der Waals surface area contributed by atoms with Crippen molar-refractivity contribution in [3.8, 4) is 24.2 Å². The van der Waals surface area contributed by atoms with Gasteiger partial charge in [-0.05, 0) is 0 Å². The van der Waals surface area contributed by atoms with E-state index in [4.69, 9.17) is 16.3 Å². The molecule has 2 rings (SSSR count). The second kappa shape index (κ2) is 7.10. The van der Waals surface area contributed by atoms with Crippen molar-refractivity contribution in [1.29, 1.82) is 0 Å². The van der Waals surface area contributed by atoms with Crippen LogP contribution < -0.4 is 11.2 Å². The van der Waals surface area contributed by atoms with E-state index in [-0.39, 0.29) is 18.6 Å². The van der Waals surface area contributed by atoms with Crippen LogP contribution in [0.15, 0.2) is 15.8 Å². The maximum absolute atomic E-state index is 11.9. The predicted molar refractivity (Wildman–Crippen MR) is 77.9 cm³/mol. The summed E-state index contributed by atoms with van der Waals surface area (Å²) in [5.74, 6) is 7.84. The highest BCUT2D eigenvalue weighted by Gasteiger charge is 2.35. The van der Waals surface area contributed by atoms with Crippen molar-refractivity contribution in [1.82, 2.24) is 9.55 Å². The highest BCUT2D eigenvalue weighted by Crippen LogP contribution is 2.27. The van der Waals surface area contributed by atoms with E-state index in [9.17, 15) is 14.7 Å². The van der Waals surface area contributed by atoms with Crippen molar-refractivity contribution in [2.24, 2.45) is 0 Å². The molecule has 7 nitrogen and oxygen atoms in total. The van der Waals surface area contributed by atoms with Gasteiger partial charge in [-0.1, -0.05) is 11.8 Å². The number of nitrogens with zero attached hydrogens (tertiary/aromatic N) is 1. The van der Waals surface area contributed by atoms with Crippen molar-refractivity contribution in [3.63, 3.8) is 0 Å². The first kappa shape index (κ1) is 16.1. The number of hydrogen-bond acceptors (Lipinski definition) is 5. The molecule has 1 unspecified atom stereocenters. The van der Waals surface area contributed by atoms with Gasteiger partial charge in [-0.2, -0.15) is 0 Å². The molecule has 0 radical (unpaired) electrons.